The van der Waals surface area contributed by atoms with Crippen molar-refractivity contribution in [1.29, 1.82) is 0 Å². The minimum Gasteiger partial charge on any atom is -0.391 e. The van der Waals surface area contributed by atoms with Gasteiger partial charge in [-0.15, -0.1) is 0 Å². The van der Waals surface area contributed by atoms with E-state index in [1.54, 1.807) is 0 Å². The van der Waals surface area contributed by atoms with Crippen LogP contribution in [0.25, 0.3) is 0 Å². The first-order valence-electron chi connectivity index (χ1n) is 9.99. The van der Waals surface area contributed by atoms with Crippen LogP contribution in [0.4, 0.5) is 5.69 Å². The van der Waals surface area contributed by atoms with Crippen molar-refractivity contribution in [3.05, 3.63) is 24.3 Å². The number of carbonyl (C=O) groups is 2. The molecule has 1 aromatic rings. The predicted molar refractivity (Wildman–Crippen MR) is 114 cm³/mol. The highest BCUT2D eigenvalue weighted by Gasteiger charge is 2.29. The zero-order chi connectivity index (χ0) is 20.7. The van der Waals surface area contributed by atoms with Gasteiger partial charge in [-0.05, 0) is 76.7 Å². The van der Waals surface area contributed by atoms with Crippen LogP contribution in [-0.4, -0.2) is 34.6 Å². The number of nitrogens with one attached hydrogen (secondary N) is 3. The van der Waals surface area contributed by atoms with E-state index >= 15 is 0 Å². The van der Waals surface area contributed by atoms with Crippen molar-refractivity contribution >= 4 is 29.4 Å². The number of carbonyl (C=O) groups excluding carboxylic acids is 2. The third-order valence-corrected chi connectivity index (χ3v) is 5.86. The molecule has 0 aromatic heterocycles. The van der Waals surface area contributed by atoms with E-state index in [4.69, 9.17) is 0 Å². The average Bonchev–Trinajstić information content (AvgIpc) is 2.65. The van der Waals surface area contributed by atoms with E-state index < -0.39 is 18.1 Å². The highest BCUT2D eigenvalue weighted by molar-refractivity contribution is 7.97. The summed E-state index contributed by atoms with van der Waals surface area (Å²) in [4.78, 5) is 26.1. The largest absolute Gasteiger partial charge is 0.391 e. The molecule has 0 heterocycles. The van der Waals surface area contributed by atoms with E-state index in [-0.39, 0.29) is 17.4 Å². The summed E-state index contributed by atoms with van der Waals surface area (Å²) in [5, 5.41) is 15.5. The fraction of sp³-hybridized carbons (Fsp3) is 0.619. The van der Waals surface area contributed by atoms with Gasteiger partial charge in [-0.1, -0.05) is 19.3 Å². The molecule has 0 radical (unpaired) electrons. The number of amides is 2. The van der Waals surface area contributed by atoms with Gasteiger partial charge in [0.25, 0.3) is 0 Å². The van der Waals surface area contributed by atoms with Crippen LogP contribution in [0, 0.1) is 5.92 Å². The molecule has 6 nitrogen and oxygen atoms in total. The SMILES string of the molecule is C[C@@H](O)[C@H](NC(=O)C1CCCCC1)C(=O)Nc1ccc(SNC(C)(C)C)cc1. The zero-order valence-corrected chi connectivity index (χ0v) is 18.1. The highest BCUT2D eigenvalue weighted by atomic mass is 32.2. The third kappa shape index (κ3) is 7.45. The fourth-order valence-electron chi connectivity index (χ4n) is 3.08. The van der Waals surface area contributed by atoms with Crippen molar-refractivity contribution in [3.63, 3.8) is 0 Å². The lowest BCUT2D eigenvalue weighted by atomic mass is 9.88. The number of hydrogen-bond donors (Lipinski definition) is 4. The van der Waals surface area contributed by atoms with Crippen LogP contribution in [0.5, 0.6) is 0 Å². The Morgan fingerprint density at radius 1 is 1.11 bits per heavy atom. The lowest BCUT2D eigenvalue weighted by Gasteiger charge is -2.26. The minimum atomic E-state index is -0.974. The van der Waals surface area contributed by atoms with Crippen LogP contribution in [0.1, 0.15) is 59.8 Å². The zero-order valence-electron chi connectivity index (χ0n) is 17.2. The summed E-state index contributed by atoms with van der Waals surface area (Å²) in [6.07, 6.45) is 3.96. The molecule has 156 valence electrons. The summed E-state index contributed by atoms with van der Waals surface area (Å²) in [6, 6.07) is 6.49. The Kier molecular flexibility index (Phi) is 8.34. The van der Waals surface area contributed by atoms with Crippen molar-refractivity contribution in [2.24, 2.45) is 5.92 Å². The van der Waals surface area contributed by atoms with Crippen LogP contribution < -0.4 is 15.4 Å². The Morgan fingerprint density at radius 3 is 2.25 bits per heavy atom. The maximum atomic E-state index is 12.6. The summed E-state index contributed by atoms with van der Waals surface area (Å²) in [7, 11) is 0. The van der Waals surface area contributed by atoms with Crippen LogP contribution >= 0.6 is 11.9 Å². The van der Waals surface area contributed by atoms with Crippen molar-refractivity contribution in [3.8, 4) is 0 Å². The number of rotatable bonds is 7. The number of hydrogen-bond acceptors (Lipinski definition) is 5. The third-order valence-electron chi connectivity index (χ3n) is 4.64. The molecule has 1 aliphatic rings. The van der Waals surface area contributed by atoms with E-state index in [2.05, 4.69) is 36.1 Å². The molecule has 4 N–H and O–H groups in total. The molecule has 1 aromatic carbocycles. The van der Waals surface area contributed by atoms with Crippen molar-refractivity contribution in [2.45, 2.75) is 82.4 Å². The lowest BCUT2D eigenvalue weighted by Crippen LogP contribution is -2.51. The van der Waals surface area contributed by atoms with E-state index in [1.807, 2.05) is 24.3 Å². The first-order valence-corrected chi connectivity index (χ1v) is 10.8. The molecule has 0 aliphatic heterocycles. The molecule has 28 heavy (non-hydrogen) atoms. The van der Waals surface area contributed by atoms with Gasteiger partial charge in [0, 0.05) is 22.0 Å². The van der Waals surface area contributed by atoms with Crippen LogP contribution in [0.2, 0.25) is 0 Å². The Balaban J connectivity index is 1.93. The van der Waals surface area contributed by atoms with Crippen molar-refractivity contribution in [1.82, 2.24) is 10.0 Å². The van der Waals surface area contributed by atoms with Gasteiger partial charge in [0.2, 0.25) is 11.8 Å². The number of aliphatic hydroxyl groups excluding tert-OH is 1. The molecule has 0 unspecified atom stereocenters. The molecule has 2 atom stereocenters. The van der Waals surface area contributed by atoms with Gasteiger partial charge in [-0.2, -0.15) is 0 Å². The fourth-order valence-corrected chi connectivity index (χ4v) is 3.78. The first-order chi connectivity index (χ1) is 13.2. The summed E-state index contributed by atoms with van der Waals surface area (Å²) in [6.45, 7) is 7.79. The van der Waals surface area contributed by atoms with E-state index in [1.165, 1.54) is 18.9 Å². The average molecular weight is 408 g/mol. The van der Waals surface area contributed by atoms with Gasteiger partial charge in [0.15, 0.2) is 0 Å². The first kappa shape index (κ1) is 22.7. The van der Waals surface area contributed by atoms with Gasteiger partial charge >= 0.3 is 0 Å². The lowest BCUT2D eigenvalue weighted by molar-refractivity contribution is -0.131. The molecule has 1 aliphatic carbocycles. The topological polar surface area (TPSA) is 90.5 Å². The summed E-state index contributed by atoms with van der Waals surface area (Å²) >= 11 is 1.53. The molecular formula is C21H33N3O3S. The van der Waals surface area contributed by atoms with Gasteiger partial charge in [0.1, 0.15) is 6.04 Å². The molecule has 0 saturated heterocycles. The number of aliphatic hydroxyl groups is 1. The molecule has 1 saturated carbocycles. The molecule has 0 bridgehead atoms. The van der Waals surface area contributed by atoms with Gasteiger partial charge in [-0.25, -0.2) is 0 Å². The quantitative estimate of drug-likeness (QED) is 0.520. The minimum absolute atomic E-state index is 0.00141. The van der Waals surface area contributed by atoms with Crippen LogP contribution in [0.3, 0.4) is 0 Å². The second-order valence-electron chi connectivity index (χ2n) is 8.53. The molecule has 1 fully saturated rings. The molecular weight excluding hydrogens is 374 g/mol. The van der Waals surface area contributed by atoms with Gasteiger partial charge < -0.3 is 15.7 Å². The van der Waals surface area contributed by atoms with Gasteiger partial charge in [0.05, 0.1) is 6.10 Å². The summed E-state index contributed by atoms with van der Waals surface area (Å²) in [5.74, 6) is -0.609. The maximum absolute atomic E-state index is 12.6. The maximum Gasteiger partial charge on any atom is 0.249 e. The molecule has 0 spiro atoms. The summed E-state index contributed by atoms with van der Waals surface area (Å²) in [5.41, 5.74) is 0.626. The Bertz CT molecular complexity index is 650. The van der Waals surface area contributed by atoms with E-state index in [0.717, 1.165) is 37.0 Å². The van der Waals surface area contributed by atoms with Crippen LogP contribution in [-0.2, 0) is 9.59 Å². The second kappa shape index (κ2) is 10.3. The Labute approximate surface area is 172 Å². The monoisotopic (exact) mass is 407 g/mol. The molecule has 7 heteroatoms. The number of benzene rings is 1. The van der Waals surface area contributed by atoms with Gasteiger partial charge in [-0.3, -0.25) is 14.3 Å². The highest BCUT2D eigenvalue weighted by Crippen LogP contribution is 2.24. The van der Waals surface area contributed by atoms with Crippen molar-refractivity contribution < 1.29 is 14.7 Å². The Hall–Kier alpha value is -1.57. The standard InChI is InChI=1S/C21H33N3O3S/c1-14(25)18(23-19(26)15-8-6-5-7-9-15)20(27)22-16-10-12-17(13-11-16)28-24-21(2,3)4/h10-15,18,24-25H,5-9H2,1-4H3,(H,22,27)(H,23,26)/t14-,18+/m1/s1. The normalized spacial score (nSPS) is 17.6. The second-order valence-corrected chi connectivity index (χ2v) is 9.41. The molecule has 2 rings (SSSR count). The van der Waals surface area contributed by atoms with Crippen LogP contribution in [0.15, 0.2) is 29.2 Å². The number of anilines is 1. The van der Waals surface area contributed by atoms with E-state index in [0.29, 0.717) is 5.69 Å². The summed E-state index contributed by atoms with van der Waals surface area (Å²) < 4.78 is 3.33. The Morgan fingerprint density at radius 2 is 1.71 bits per heavy atom. The smallest absolute Gasteiger partial charge is 0.249 e. The molecule has 2 amide bonds. The van der Waals surface area contributed by atoms with E-state index in [9.17, 15) is 14.7 Å². The predicted octanol–water partition coefficient (Wildman–Crippen LogP) is 3.47. The van der Waals surface area contributed by atoms with Crippen molar-refractivity contribution in [2.75, 3.05) is 5.32 Å².